The molecule has 0 bridgehead atoms. The minimum absolute atomic E-state index is 0.0432. The van der Waals surface area contributed by atoms with E-state index in [1.54, 1.807) is 0 Å². The van der Waals surface area contributed by atoms with Gasteiger partial charge in [0.05, 0.1) is 17.6 Å². The van der Waals surface area contributed by atoms with E-state index in [1.807, 2.05) is 51.4 Å². The van der Waals surface area contributed by atoms with Gasteiger partial charge in [-0.05, 0) is 37.5 Å². The summed E-state index contributed by atoms with van der Waals surface area (Å²) >= 11 is 0. The third-order valence-corrected chi connectivity index (χ3v) is 4.39. The summed E-state index contributed by atoms with van der Waals surface area (Å²) in [7, 11) is 0. The van der Waals surface area contributed by atoms with Crippen LogP contribution in [0.4, 0.5) is 5.69 Å². The third kappa shape index (κ3) is 3.95. The Kier molecular flexibility index (Phi) is 5.40. The molecule has 138 valence electrons. The number of benzene rings is 1. The Labute approximate surface area is 154 Å². The van der Waals surface area contributed by atoms with E-state index in [4.69, 9.17) is 4.98 Å². The largest absolute Gasteiger partial charge is 0.328 e. The Morgan fingerprint density at radius 3 is 2.77 bits per heavy atom. The summed E-state index contributed by atoms with van der Waals surface area (Å²) < 4.78 is 4.35. The molecule has 0 saturated carbocycles. The predicted octanol–water partition coefficient (Wildman–Crippen LogP) is 3.98. The molecule has 0 unspecified atom stereocenters. The fraction of sp³-hybridized carbons (Fsp3) is 0.450. The van der Waals surface area contributed by atoms with E-state index in [2.05, 4.69) is 26.4 Å². The minimum atomic E-state index is 0.0432. The normalized spacial score (nSPS) is 11.4. The van der Waals surface area contributed by atoms with Crippen LogP contribution in [0.5, 0.6) is 0 Å². The zero-order valence-electron chi connectivity index (χ0n) is 16.0. The average Bonchev–Trinajstić information content (AvgIpc) is 3.11. The van der Waals surface area contributed by atoms with Crippen molar-refractivity contribution in [2.24, 2.45) is 5.92 Å². The number of anilines is 1. The number of nitrogens with zero attached hydrogens (tertiary/aromatic N) is 4. The SMILES string of the molecule is CCCn1c(Cn2ccnc2C)nc2cc(NC(=O)CC(C)C)ccc21. The van der Waals surface area contributed by atoms with Crippen LogP contribution < -0.4 is 5.32 Å². The number of aryl methyl sites for hydroxylation is 2. The molecule has 0 spiro atoms. The molecule has 0 aliphatic heterocycles. The number of hydrogen-bond acceptors (Lipinski definition) is 3. The number of imidazole rings is 2. The summed E-state index contributed by atoms with van der Waals surface area (Å²) in [4.78, 5) is 21.2. The van der Waals surface area contributed by atoms with Crippen LogP contribution in [-0.4, -0.2) is 25.0 Å². The van der Waals surface area contributed by atoms with E-state index in [0.717, 1.165) is 41.3 Å². The Balaban J connectivity index is 1.91. The molecule has 0 saturated heterocycles. The topological polar surface area (TPSA) is 64.7 Å². The maximum Gasteiger partial charge on any atom is 0.224 e. The van der Waals surface area contributed by atoms with Crippen LogP contribution in [0.3, 0.4) is 0 Å². The summed E-state index contributed by atoms with van der Waals surface area (Å²) in [6.07, 6.45) is 5.34. The molecular weight excluding hydrogens is 326 g/mol. The van der Waals surface area contributed by atoms with Gasteiger partial charge in [0.25, 0.3) is 0 Å². The summed E-state index contributed by atoms with van der Waals surface area (Å²) in [5, 5.41) is 2.98. The number of hydrogen-bond donors (Lipinski definition) is 1. The molecular formula is C20H27N5O. The molecule has 2 aromatic heterocycles. The highest BCUT2D eigenvalue weighted by molar-refractivity contribution is 5.93. The first-order valence-electron chi connectivity index (χ1n) is 9.24. The quantitative estimate of drug-likeness (QED) is 0.698. The van der Waals surface area contributed by atoms with Gasteiger partial charge in [0, 0.05) is 31.0 Å². The Morgan fingerprint density at radius 1 is 1.31 bits per heavy atom. The number of aromatic nitrogens is 4. The van der Waals surface area contributed by atoms with Gasteiger partial charge >= 0.3 is 0 Å². The van der Waals surface area contributed by atoms with Crippen molar-refractivity contribution < 1.29 is 4.79 Å². The molecule has 0 atom stereocenters. The van der Waals surface area contributed by atoms with E-state index in [9.17, 15) is 4.79 Å². The summed E-state index contributed by atoms with van der Waals surface area (Å²) in [5.74, 6) is 2.37. The van der Waals surface area contributed by atoms with Crippen molar-refractivity contribution in [3.63, 3.8) is 0 Å². The van der Waals surface area contributed by atoms with Gasteiger partial charge in [-0.15, -0.1) is 0 Å². The number of nitrogens with one attached hydrogen (secondary N) is 1. The van der Waals surface area contributed by atoms with Gasteiger partial charge in [-0.3, -0.25) is 4.79 Å². The van der Waals surface area contributed by atoms with Crippen molar-refractivity contribution in [1.29, 1.82) is 0 Å². The van der Waals surface area contributed by atoms with Gasteiger partial charge in [0.1, 0.15) is 11.6 Å². The van der Waals surface area contributed by atoms with Crippen molar-refractivity contribution in [1.82, 2.24) is 19.1 Å². The molecule has 0 radical (unpaired) electrons. The van der Waals surface area contributed by atoms with Gasteiger partial charge < -0.3 is 14.5 Å². The number of carbonyl (C=O) groups is 1. The summed E-state index contributed by atoms with van der Waals surface area (Å²) in [6, 6.07) is 5.97. The lowest BCUT2D eigenvalue weighted by molar-refractivity contribution is -0.116. The van der Waals surface area contributed by atoms with Crippen LogP contribution in [0, 0.1) is 12.8 Å². The molecule has 1 N–H and O–H groups in total. The standard InChI is InChI=1S/C20H27N5O/c1-5-9-25-18-7-6-16(22-20(26)11-14(2)3)12-17(18)23-19(25)13-24-10-8-21-15(24)4/h6-8,10,12,14H,5,9,11,13H2,1-4H3,(H,22,26). The second-order valence-corrected chi connectivity index (χ2v) is 7.13. The molecule has 6 heteroatoms. The lowest BCUT2D eigenvalue weighted by Gasteiger charge is -2.10. The zero-order chi connectivity index (χ0) is 18.7. The van der Waals surface area contributed by atoms with Crippen LogP contribution in [0.15, 0.2) is 30.6 Å². The highest BCUT2D eigenvalue weighted by Crippen LogP contribution is 2.22. The van der Waals surface area contributed by atoms with E-state index < -0.39 is 0 Å². The highest BCUT2D eigenvalue weighted by atomic mass is 16.1. The van der Waals surface area contributed by atoms with E-state index in [0.29, 0.717) is 18.9 Å². The Morgan fingerprint density at radius 2 is 2.12 bits per heavy atom. The fourth-order valence-corrected chi connectivity index (χ4v) is 3.16. The summed E-state index contributed by atoms with van der Waals surface area (Å²) in [6.45, 7) is 9.85. The maximum absolute atomic E-state index is 12.0. The lowest BCUT2D eigenvalue weighted by Crippen LogP contribution is -2.13. The van der Waals surface area contributed by atoms with Crippen LogP contribution in [0.2, 0.25) is 0 Å². The molecule has 6 nitrogen and oxygen atoms in total. The predicted molar refractivity (Wildman–Crippen MR) is 104 cm³/mol. The van der Waals surface area contributed by atoms with Gasteiger partial charge in [-0.2, -0.15) is 0 Å². The lowest BCUT2D eigenvalue weighted by atomic mass is 10.1. The van der Waals surface area contributed by atoms with Crippen molar-refractivity contribution in [2.75, 3.05) is 5.32 Å². The van der Waals surface area contributed by atoms with Crippen molar-refractivity contribution in [3.8, 4) is 0 Å². The first-order valence-corrected chi connectivity index (χ1v) is 9.24. The molecule has 3 aromatic rings. The average molecular weight is 353 g/mol. The number of fused-ring (bicyclic) bond motifs is 1. The second kappa shape index (κ2) is 7.72. The number of carbonyl (C=O) groups excluding carboxylic acids is 1. The second-order valence-electron chi connectivity index (χ2n) is 7.13. The first kappa shape index (κ1) is 18.2. The van der Waals surface area contributed by atoms with Crippen molar-refractivity contribution >= 4 is 22.6 Å². The summed E-state index contributed by atoms with van der Waals surface area (Å²) in [5.41, 5.74) is 2.81. The smallest absolute Gasteiger partial charge is 0.224 e. The molecule has 0 aliphatic rings. The monoisotopic (exact) mass is 353 g/mol. The highest BCUT2D eigenvalue weighted by Gasteiger charge is 2.13. The van der Waals surface area contributed by atoms with E-state index in [-0.39, 0.29) is 5.91 Å². The number of rotatable bonds is 7. The van der Waals surface area contributed by atoms with Crippen molar-refractivity contribution in [3.05, 3.63) is 42.2 Å². The Bertz CT molecular complexity index is 906. The minimum Gasteiger partial charge on any atom is -0.328 e. The molecule has 26 heavy (non-hydrogen) atoms. The Hall–Kier alpha value is -2.63. The number of amides is 1. The molecule has 2 heterocycles. The van der Waals surface area contributed by atoms with Gasteiger partial charge in [-0.1, -0.05) is 20.8 Å². The van der Waals surface area contributed by atoms with Gasteiger partial charge in [-0.25, -0.2) is 9.97 Å². The van der Waals surface area contributed by atoms with Crippen LogP contribution in [-0.2, 0) is 17.9 Å². The van der Waals surface area contributed by atoms with Gasteiger partial charge in [0.2, 0.25) is 5.91 Å². The van der Waals surface area contributed by atoms with Gasteiger partial charge in [0.15, 0.2) is 0 Å². The van der Waals surface area contributed by atoms with Crippen LogP contribution in [0.1, 0.15) is 45.3 Å². The molecule has 1 aromatic carbocycles. The van der Waals surface area contributed by atoms with Crippen LogP contribution in [0.25, 0.3) is 11.0 Å². The molecule has 0 aliphatic carbocycles. The van der Waals surface area contributed by atoms with E-state index >= 15 is 0 Å². The third-order valence-electron chi connectivity index (χ3n) is 4.39. The van der Waals surface area contributed by atoms with E-state index in [1.165, 1.54) is 0 Å². The molecule has 1 amide bonds. The van der Waals surface area contributed by atoms with Crippen molar-refractivity contribution in [2.45, 2.75) is 53.6 Å². The molecule has 0 fully saturated rings. The fourth-order valence-electron chi connectivity index (χ4n) is 3.16. The molecule has 3 rings (SSSR count). The first-order chi connectivity index (χ1) is 12.5. The maximum atomic E-state index is 12.0. The zero-order valence-corrected chi connectivity index (χ0v) is 16.0. The van der Waals surface area contributed by atoms with Crippen LogP contribution >= 0.6 is 0 Å².